The Hall–Kier alpha value is -0.0800. The van der Waals surface area contributed by atoms with Crippen molar-refractivity contribution in [2.75, 3.05) is 13.2 Å². The van der Waals surface area contributed by atoms with Gasteiger partial charge in [0.15, 0.2) is 0 Å². The molecule has 2 aliphatic rings. The van der Waals surface area contributed by atoms with Crippen LogP contribution >= 0.6 is 0 Å². The Morgan fingerprint density at radius 2 is 1.15 bits per heavy atom. The minimum Gasteiger partial charge on any atom is -0.378 e. The van der Waals surface area contributed by atoms with Gasteiger partial charge in [0, 0.05) is 13.2 Å². The molecule has 2 nitrogen and oxygen atoms in total. The van der Waals surface area contributed by atoms with Gasteiger partial charge in [0.05, 0.1) is 12.2 Å². The molecule has 0 aromatic heterocycles. The molecule has 3 atom stereocenters. The van der Waals surface area contributed by atoms with Gasteiger partial charge in [-0.25, -0.2) is 0 Å². The van der Waals surface area contributed by atoms with Crippen molar-refractivity contribution >= 4 is 0 Å². The van der Waals surface area contributed by atoms with Crippen LogP contribution in [0.5, 0.6) is 0 Å². The van der Waals surface area contributed by atoms with Crippen LogP contribution in [0.1, 0.15) is 154 Å². The summed E-state index contributed by atoms with van der Waals surface area (Å²) in [5.74, 6) is 0.910. The SMILES string of the molecule is [CH2]CCCCCCCCCCCCCOC1CCCC(CCCOC2CC[CH]CCC2)CC1. The largest absolute Gasteiger partial charge is 0.378 e. The van der Waals surface area contributed by atoms with Crippen LogP contribution in [0, 0.1) is 19.3 Å². The summed E-state index contributed by atoms with van der Waals surface area (Å²) in [5.41, 5.74) is 0. The molecule has 0 aliphatic heterocycles. The third kappa shape index (κ3) is 16.3. The maximum Gasteiger partial charge on any atom is 0.0575 e. The lowest BCUT2D eigenvalue weighted by Crippen LogP contribution is -2.14. The highest BCUT2D eigenvalue weighted by Crippen LogP contribution is 2.29. The van der Waals surface area contributed by atoms with Crippen LogP contribution in [-0.2, 0) is 9.47 Å². The Balaban J connectivity index is 1.35. The zero-order valence-corrected chi connectivity index (χ0v) is 22.2. The lowest BCUT2D eigenvalue weighted by atomic mass is 9.95. The van der Waals surface area contributed by atoms with E-state index in [1.165, 1.54) is 148 Å². The summed E-state index contributed by atoms with van der Waals surface area (Å²) >= 11 is 0. The Kier molecular flexibility index (Phi) is 18.7. The predicted molar refractivity (Wildman–Crippen MR) is 143 cm³/mol. The van der Waals surface area contributed by atoms with E-state index < -0.39 is 0 Å². The van der Waals surface area contributed by atoms with Crippen LogP contribution in [0.4, 0.5) is 0 Å². The van der Waals surface area contributed by atoms with Crippen LogP contribution in [0.25, 0.3) is 0 Å². The number of hydrogen-bond acceptors (Lipinski definition) is 2. The number of hydrogen-bond donors (Lipinski definition) is 0. The van der Waals surface area contributed by atoms with Crippen LogP contribution in [0.2, 0.25) is 0 Å². The van der Waals surface area contributed by atoms with E-state index in [2.05, 4.69) is 13.3 Å². The highest BCUT2D eigenvalue weighted by molar-refractivity contribution is 4.75. The second-order valence-electron chi connectivity index (χ2n) is 11.0. The maximum atomic E-state index is 6.29. The highest BCUT2D eigenvalue weighted by atomic mass is 16.5. The van der Waals surface area contributed by atoms with Crippen molar-refractivity contribution in [3.8, 4) is 0 Å². The molecule has 194 valence electrons. The summed E-state index contributed by atoms with van der Waals surface area (Å²) in [6, 6.07) is 0. The Morgan fingerprint density at radius 3 is 1.88 bits per heavy atom. The summed E-state index contributed by atoms with van der Waals surface area (Å²) in [7, 11) is 0. The fraction of sp³-hybridized carbons (Fsp3) is 0.935. The summed E-state index contributed by atoms with van der Waals surface area (Å²) in [5, 5.41) is 0. The molecule has 33 heavy (non-hydrogen) atoms. The molecular formula is C31H58O2. The molecule has 2 heteroatoms. The number of rotatable bonds is 19. The Labute approximate surface area is 208 Å². The predicted octanol–water partition coefficient (Wildman–Crippen LogP) is 9.80. The topological polar surface area (TPSA) is 18.5 Å². The molecule has 0 heterocycles. The molecule has 2 saturated carbocycles. The van der Waals surface area contributed by atoms with E-state index in [0.717, 1.165) is 25.6 Å². The summed E-state index contributed by atoms with van der Waals surface area (Å²) in [6.45, 7) is 5.90. The van der Waals surface area contributed by atoms with Gasteiger partial charge >= 0.3 is 0 Å². The molecule has 2 fully saturated rings. The third-order valence-corrected chi connectivity index (χ3v) is 8.02. The van der Waals surface area contributed by atoms with Crippen molar-refractivity contribution in [3.05, 3.63) is 13.3 Å². The molecule has 2 radical (unpaired) electrons. The molecule has 0 N–H and O–H groups in total. The summed E-state index contributed by atoms with van der Waals surface area (Å²) < 4.78 is 12.5. The van der Waals surface area contributed by atoms with Crippen LogP contribution in [0.3, 0.4) is 0 Å². The molecule has 3 unspecified atom stereocenters. The van der Waals surface area contributed by atoms with Gasteiger partial charge in [0.25, 0.3) is 0 Å². The summed E-state index contributed by atoms with van der Waals surface area (Å²) in [6.07, 6.45) is 35.7. The molecular weight excluding hydrogens is 404 g/mol. The van der Waals surface area contributed by atoms with Gasteiger partial charge in [-0.1, -0.05) is 103 Å². The average Bonchev–Trinajstić information content (AvgIpc) is 3.23. The van der Waals surface area contributed by atoms with Crippen molar-refractivity contribution in [2.24, 2.45) is 5.92 Å². The van der Waals surface area contributed by atoms with Crippen molar-refractivity contribution < 1.29 is 9.47 Å². The monoisotopic (exact) mass is 462 g/mol. The van der Waals surface area contributed by atoms with E-state index in [-0.39, 0.29) is 0 Å². The first-order chi connectivity index (χ1) is 16.4. The second kappa shape index (κ2) is 21.2. The quantitative estimate of drug-likeness (QED) is 0.140. The number of ether oxygens (including phenoxy) is 2. The molecule has 0 saturated heterocycles. The standard InChI is InChI=1S/C31H58O2/c1-2-3-4-5-6-7-8-9-10-11-14-17-27-32-31-24-18-20-29(25-26-31)21-19-28-33-30-22-15-12-13-16-23-30/h12,29-31H,1-11,13-28H2. The second-order valence-corrected chi connectivity index (χ2v) is 11.0. The van der Waals surface area contributed by atoms with Gasteiger partial charge < -0.3 is 9.47 Å². The first kappa shape index (κ1) is 29.2. The van der Waals surface area contributed by atoms with E-state index >= 15 is 0 Å². The van der Waals surface area contributed by atoms with Crippen molar-refractivity contribution in [3.63, 3.8) is 0 Å². The van der Waals surface area contributed by atoms with Crippen molar-refractivity contribution in [1.82, 2.24) is 0 Å². The van der Waals surface area contributed by atoms with E-state index in [0.29, 0.717) is 12.2 Å². The molecule has 0 bridgehead atoms. The Morgan fingerprint density at radius 1 is 0.545 bits per heavy atom. The van der Waals surface area contributed by atoms with Gasteiger partial charge in [-0.2, -0.15) is 0 Å². The van der Waals surface area contributed by atoms with Crippen molar-refractivity contribution in [2.45, 2.75) is 166 Å². The van der Waals surface area contributed by atoms with Gasteiger partial charge in [-0.3, -0.25) is 0 Å². The summed E-state index contributed by atoms with van der Waals surface area (Å²) in [4.78, 5) is 0. The fourth-order valence-corrected chi connectivity index (χ4v) is 5.79. The zero-order chi connectivity index (χ0) is 23.2. The molecule has 0 amide bonds. The Bertz CT molecular complexity index is 402. The minimum atomic E-state index is 0.536. The van der Waals surface area contributed by atoms with E-state index in [1.807, 2.05) is 0 Å². The molecule has 2 rings (SSSR count). The smallest absolute Gasteiger partial charge is 0.0575 e. The van der Waals surface area contributed by atoms with Crippen LogP contribution in [0.15, 0.2) is 0 Å². The zero-order valence-electron chi connectivity index (χ0n) is 22.2. The molecule has 2 aliphatic carbocycles. The molecule has 0 aromatic rings. The minimum absolute atomic E-state index is 0.536. The van der Waals surface area contributed by atoms with Gasteiger partial charge in [0.2, 0.25) is 0 Å². The lowest BCUT2D eigenvalue weighted by Gasteiger charge is -2.18. The average molecular weight is 463 g/mol. The maximum absolute atomic E-state index is 6.29. The van der Waals surface area contributed by atoms with Gasteiger partial charge in [-0.05, 0) is 70.1 Å². The third-order valence-electron chi connectivity index (χ3n) is 8.02. The normalized spacial score (nSPS) is 22.8. The highest BCUT2D eigenvalue weighted by Gasteiger charge is 2.19. The first-order valence-corrected chi connectivity index (χ1v) is 15.2. The molecule has 0 aromatic carbocycles. The van der Waals surface area contributed by atoms with Crippen LogP contribution < -0.4 is 0 Å². The van der Waals surface area contributed by atoms with E-state index in [1.54, 1.807) is 0 Å². The van der Waals surface area contributed by atoms with Gasteiger partial charge in [-0.15, -0.1) is 0 Å². The lowest BCUT2D eigenvalue weighted by molar-refractivity contribution is 0.0367. The fourth-order valence-electron chi connectivity index (χ4n) is 5.79. The first-order valence-electron chi connectivity index (χ1n) is 15.2. The van der Waals surface area contributed by atoms with Crippen molar-refractivity contribution in [1.29, 1.82) is 0 Å². The van der Waals surface area contributed by atoms with Gasteiger partial charge in [0.1, 0.15) is 0 Å². The van der Waals surface area contributed by atoms with E-state index in [9.17, 15) is 0 Å². The van der Waals surface area contributed by atoms with E-state index in [4.69, 9.17) is 9.47 Å². The molecule has 0 spiro atoms. The van der Waals surface area contributed by atoms with Crippen LogP contribution in [-0.4, -0.2) is 25.4 Å². The number of unbranched alkanes of at least 4 members (excludes halogenated alkanes) is 11.